The number of esters is 1. The average molecular weight is 833 g/mol. The van der Waals surface area contributed by atoms with Gasteiger partial charge in [-0.15, -0.1) is 0 Å². The van der Waals surface area contributed by atoms with E-state index in [1.807, 2.05) is 49.2 Å². The molecule has 14 heteroatoms. The van der Waals surface area contributed by atoms with E-state index < -0.39 is 18.0 Å². The van der Waals surface area contributed by atoms with E-state index in [0.717, 1.165) is 67.4 Å². The summed E-state index contributed by atoms with van der Waals surface area (Å²) in [5, 5.41) is 3.03. The van der Waals surface area contributed by atoms with Gasteiger partial charge in [-0.2, -0.15) is 0 Å². The summed E-state index contributed by atoms with van der Waals surface area (Å²) in [6, 6.07) is 11.5. The summed E-state index contributed by atoms with van der Waals surface area (Å²) in [5.41, 5.74) is 4.72. The number of oxazole rings is 1. The first-order valence-corrected chi connectivity index (χ1v) is 21.8. The fourth-order valence-electron chi connectivity index (χ4n) is 8.82. The third-order valence-electron chi connectivity index (χ3n) is 12.5. The number of likely N-dealkylation sites (N-methyl/N-ethyl adjacent to an activating group) is 1. The molecular weight excluding hydrogens is 765 g/mol. The predicted octanol–water partition coefficient (Wildman–Crippen LogP) is 7.14. The Morgan fingerprint density at radius 1 is 0.900 bits per heavy atom. The highest BCUT2D eigenvalue weighted by Gasteiger charge is 2.36. The number of unbranched alkanes of at least 4 members (excludes halogenated alkanes) is 3. The molecule has 3 saturated heterocycles. The minimum Gasteiger partial charge on any atom is -0.465 e. The second-order valence-corrected chi connectivity index (χ2v) is 16.9. The van der Waals surface area contributed by atoms with Crippen LogP contribution in [0.25, 0.3) is 11.1 Å². The van der Waals surface area contributed by atoms with E-state index in [-0.39, 0.29) is 43.8 Å². The first kappa shape index (κ1) is 46.2. The number of rotatable bonds is 11. The number of nitrogens with one attached hydrogen (secondary N) is 1. The number of amides is 4. The lowest BCUT2D eigenvalue weighted by molar-refractivity contribution is -0.148. The summed E-state index contributed by atoms with van der Waals surface area (Å²) in [6.07, 6.45) is 9.22. The molecule has 4 aliphatic rings. The van der Waals surface area contributed by atoms with E-state index in [1.54, 1.807) is 22.9 Å². The molecule has 3 fully saturated rings. The van der Waals surface area contributed by atoms with E-state index in [4.69, 9.17) is 13.9 Å². The van der Waals surface area contributed by atoms with Crippen LogP contribution in [0.1, 0.15) is 102 Å². The SMILES string of the molecule is C.CCCCCCOC(=O)[C@H]1CCCN1C.Cc1cc(C[C@@H](OC(=O)N2CCC(N3CCc4ccccc4NC3=O)CC2)C(=O)N2CCC(C)CC2)cc2oc(=O)n(C)c12. The number of aromatic nitrogens is 1. The highest BCUT2D eigenvalue weighted by atomic mass is 16.6. The van der Waals surface area contributed by atoms with Crippen LogP contribution < -0.4 is 11.1 Å². The number of urea groups is 1. The number of carbonyl (C=O) groups is 4. The van der Waals surface area contributed by atoms with Gasteiger partial charge >= 0.3 is 23.8 Å². The Labute approximate surface area is 355 Å². The van der Waals surface area contributed by atoms with E-state index in [9.17, 15) is 24.0 Å². The highest BCUT2D eigenvalue weighted by Crippen LogP contribution is 2.27. The Hall–Kier alpha value is -4.85. The fourth-order valence-corrected chi connectivity index (χ4v) is 8.82. The highest BCUT2D eigenvalue weighted by molar-refractivity contribution is 5.91. The monoisotopic (exact) mass is 833 g/mol. The van der Waals surface area contributed by atoms with Crippen LogP contribution in [-0.4, -0.2) is 119 Å². The normalized spacial score (nSPS) is 19.4. The first-order chi connectivity index (χ1) is 28.4. The largest absolute Gasteiger partial charge is 0.465 e. The van der Waals surface area contributed by atoms with Gasteiger partial charge in [-0.3, -0.25) is 19.1 Å². The number of piperidine rings is 2. The lowest BCUT2D eigenvalue weighted by Gasteiger charge is -2.38. The van der Waals surface area contributed by atoms with Gasteiger partial charge in [0.15, 0.2) is 11.7 Å². The Morgan fingerprint density at radius 3 is 2.32 bits per heavy atom. The second kappa shape index (κ2) is 21.6. The summed E-state index contributed by atoms with van der Waals surface area (Å²) < 4.78 is 18.1. The zero-order chi connectivity index (χ0) is 42.1. The molecule has 3 aromatic rings. The van der Waals surface area contributed by atoms with Crippen LogP contribution in [-0.2, 0) is 39.0 Å². The third-order valence-corrected chi connectivity index (χ3v) is 12.5. The zero-order valence-electron chi connectivity index (χ0n) is 35.7. The molecule has 0 saturated carbocycles. The molecule has 4 aliphatic heterocycles. The quantitative estimate of drug-likeness (QED) is 0.157. The molecule has 0 aliphatic carbocycles. The molecule has 1 aromatic heterocycles. The zero-order valence-corrected chi connectivity index (χ0v) is 35.7. The van der Waals surface area contributed by atoms with Crippen molar-refractivity contribution < 1.29 is 33.1 Å². The number of likely N-dealkylation sites (tertiary alicyclic amines) is 3. The number of anilines is 1. The van der Waals surface area contributed by atoms with Crippen molar-refractivity contribution in [3.63, 3.8) is 0 Å². The van der Waals surface area contributed by atoms with Crippen molar-refractivity contribution in [2.75, 3.05) is 58.2 Å². The van der Waals surface area contributed by atoms with Gasteiger partial charge in [0.1, 0.15) is 6.04 Å². The molecular formula is C46H68N6O8. The van der Waals surface area contributed by atoms with E-state index >= 15 is 0 Å². The van der Waals surface area contributed by atoms with Crippen LogP contribution in [0.5, 0.6) is 0 Å². The summed E-state index contributed by atoms with van der Waals surface area (Å²) in [4.78, 5) is 71.4. The molecule has 2 aromatic carbocycles. The summed E-state index contributed by atoms with van der Waals surface area (Å²) in [7, 11) is 3.66. The Kier molecular flexibility index (Phi) is 16.6. The maximum Gasteiger partial charge on any atom is 0.419 e. The first-order valence-electron chi connectivity index (χ1n) is 21.8. The number of ether oxygens (including phenoxy) is 2. The number of carbonyl (C=O) groups excluding carboxylic acids is 4. The van der Waals surface area contributed by atoms with Gasteiger partial charge in [0, 0.05) is 57.9 Å². The summed E-state index contributed by atoms with van der Waals surface area (Å²) >= 11 is 0. The molecule has 0 unspecified atom stereocenters. The van der Waals surface area contributed by atoms with Gasteiger partial charge in [-0.05, 0) is 107 Å². The minimum atomic E-state index is -1.00. The van der Waals surface area contributed by atoms with Crippen LogP contribution in [0.2, 0.25) is 0 Å². The van der Waals surface area contributed by atoms with E-state index in [0.29, 0.717) is 69.2 Å². The lowest BCUT2D eigenvalue weighted by atomic mass is 9.98. The minimum absolute atomic E-state index is 0. The maximum absolute atomic E-state index is 13.8. The van der Waals surface area contributed by atoms with Crippen molar-refractivity contribution in [3.05, 3.63) is 63.6 Å². The molecule has 7 rings (SSSR count). The number of hydrogen-bond donors (Lipinski definition) is 1. The standard InChI is InChI=1S/C33H41N5O6.C12H23NO2.CH4/c1-21-8-13-36(14-9-21)30(39)28(20-23-18-22(2)29-27(19-23)43-32(41)35(29)3)44-33(42)37-15-11-25(12-16-37)38-17-10-24-6-4-5-7-26(24)34-31(38)40;1-3-4-5-6-10-15-12(14)11-8-7-9-13(11)2;/h4-7,18-19,21,25,28H,8-17,20H2,1-3H3,(H,34,40);11H,3-10H2,1-2H3;1H4/t28-;11-;/m11./s1. The number of benzene rings is 2. The molecule has 4 amide bonds. The van der Waals surface area contributed by atoms with Crippen molar-refractivity contribution in [2.45, 2.75) is 123 Å². The van der Waals surface area contributed by atoms with Crippen LogP contribution in [0, 0.1) is 12.8 Å². The van der Waals surface area contributed by atoms with Gasteiger partial charge in [-0.25, -0.2) is 14.4 Å². The Bertz CT molecular complexity index is 1980. The Balaban J connectivity index is 0.000000362. The van der Waals surface area contributed by atoms with Crippen LogP contribution in [0.3, 0.4) is 0 Å². The number of fused-ring (bicyclic) bond motifs is 2. The van der Waals surface area contributed by atoms with Gasteiger partial charge in [0.05, 0.1) is 12.1 Å². The lowest BCUT2D eigenvalue weighted by Crippen LogP contribution is -2.51. The van der Waals surface area contributed by atoms with E-state index in [2.05, 4.69) is 24.1 Å². The molecule has 14 nitrogen and oxygen atoms in total. The average Bonchev–Trinajstić information content (AvgIpc) is 3.73. The van der Waals surface area contributed by atoms with Crippen molar-refractivity contribution in [1.29, 1.82) is 0 Å². The van der Waals surface area contributed by atoms with Crippen molar-refractivity contribution in [3.8, 4) is 0 Å². The number of hydrogen-bond acceptors (Lipinski definition) is 9. The second-order valence-electron chi connectivity index (χ2n) is 16.9. The summed E-state index contributed by atoms with van der Waals surface area (Å²) in [5.74, 6) is -0.125. The number of nitrogens with zero attached hydrogens (tertiary/aromatic N) is 5. The van der Waals surface area contributed by atoms with Crippen molar-refractivity contribution >= 4 is 40.8 Å². The van der Waals surface area contributed by atoms with Gasteiger partial charge in [-0.1, -0.05) is 64.8 Å². The van der Waals surface area contributed by atoms with Gasteiger partial charge in [0.25, 0.3) is 5.91 Å². The Morgan fingerprint density at radius 2 is 1.62 bits per heavy atom. The molecule has 60 heavy (non-hydrogen) atoms. The molecule has 330 valence electrons. The topological polar surface area (TPSA) is 147 Å². The van der Waals surface area contributed by atoms with Crippen molar-refractivity contribution in [2.24, 2.45) is 13.0 Å². The maximum atomic E-state index is 13.8. The predicted molar refractivity (Wildman–Crippen MR) is 233 cm³/mol. The molecule has 0 bridgehead atoms. The van der Waals surface area contributed by atoms with Crippen LogP contribution in [0.4, 0.5) is 15.3 Å². The smallest absolute Gasteiger partial charge is 0.419 e. The molecule has 5 heterocycles. The van der Waals surface area contributed by atoms with E-state index in [1.165, 1.54) is 23.8 Å². The van der Waals surface area contributed by atoms with Crippen LogP contribution >= 0.6 is 0 Å². The molecule has 0 radical (unpaired) electrons. The molecule has 0 spiro atoms. The van der Waals surface area contributed by atoms with Crippen molar-refractivity contribution in [1.82, 2.24) is 24.2 Å². The van der Waals surface area contributed by atoms with Crippen LogP contribution in [0.15, 0.2) is 45.6 Å². The number of para-hydroxylation sites is 1. The number of aryl methyl sites for hydroxylation is 2. The third kappa shape index (κ3) is 11.5. The van der Waals surface area contributed by atoms with Gasteiger partial charge < -0.3 is 33.9 Å². The van der Waals surface area contributed by atoms with Gasteiger partial charge in [0.2, 0.25) is 0 Å². The molecule has 2 atom stereocenters. The molecule has 1 N–H and O–H groups in total. The fraction of sp³-hybridized carbons (Fsp3) is 0.630. The summed E-state index contributed by atoms with van der Waals surface area (Å²) in [6.45, 7) is 10.6.